The van der Waals surface area contributed by atoms with Gasteiger partial charge in [-0.1, -0.05) is 38.3 Å². The lowest BCUT2D eigenvalue weighted by Crippen LogP contribution is -2.61. The average Bonchev–Trinajstić information content (AvgIpc) is 2.82. The maximum absolute atomic E-state index is 13.8. The molecule has 0 saturated carbocycles. The lowest BCUT2D eigenvalue weighted by atomic mass is 9.65. The van der Waals surface area contributed by atoms with Gasteiger partial charge in [-0.2, -0.15) is 0 Å². The quantitative estimate of drug-likeness (QED) is 0.338. The van der Waals surface area contributed by atoms with Crippen LogP contribution in [0.1, 0.15) is 72.6 Å². The van der Waals surface area contributed by atoms with Crippen LogP contribution in [0.25, 0.3) is 0 Å². The van der Waals surface area contributed by atoms with E-state index in [2.05, 4.69) is 38.1 Å². The highest BCUT2D eigenvalue weighted by molar-refractivity contribution is 5.92. The maximum atomic E-state index is 13.8. The van der Waals surface area contributed by atoms with Crippen LogP contribution >= 0.6 is 0 Å². The third kappa shape index (κ3) is 5.64. The number of terminal acetylenes is 1. The number of hydrogen-bond donors (Lipinski definition) is 1. The summed E-state index contributed by atoms with van der Waals surface area (Å²) < 4.78 is 11.7. The Morgan fingerprint density at radius 3 is 2.69 bits per heavy atom. The number of rotatable bonds is 7. The molecule has 2 heterocycles. The summed E-state index contributed by atoms with van der Waals surface area (Å²) in [4.78, 5) is 41.6. The summed E-state index contributed by atoms with van der Waals surface area (Å²) in [6, 6.07) is 0. The molecule has 7 nitrogen and oxygen atoms in total. The van der Waals surface area contributed by atoms with Crippen molar-refractivity contribution < 1.29 is 23.9 Å². The third-order valence-electron chi connectivity index (χ3n) is 7.55. The number of esters is 1. The van der Waals surface area contributed by atoms with Crippen LogP contribution in [0.2, 0.25) is 0 Å². The first-order valence-electron chi connectivity index (χ1n) is 12.7. The SMILES string of the molecule is C#CCNC(=O)C[C@H]1C[C@@]2(C(=O)OC)C(=C[C@H](C(C)(C)C)O[C@@H]2C)N(CCC2=CCCCC2)C1=O. The van der Waals surface area contributed by atoms with Gasteiger partial charge in [-0.3, -0.25) is 14.4 Å². The highest BCUT2D eigenvalue weighted by Crippen LogP contribution is 2.52. The van der Waals surface area contributed by atoms with Crippen LogP contribution in [0.3, 0.4) is 0 Å². The lowest BCUT2D eigenvalue weighted by Gasteiger charge is -2.53. The second-order valence-electron chi connectivity index (χ2n) is 11.0. The molecule has 0 aromatic carbocycles. The van der Waals surface area contributed by atoms with E-state index in [1.807, 2.05) is 13.0 Å². The molecule has 1 saturated heterocycles. The number of hydrogen-bond acceptors (Lipinski definition) is 5. The Balaban J connectivity index is 2.04. The van der Waals surface area contributed by atoms with Crippen molar-refractivity contribution in [2.24, 2.45) is 16.7 Å². The number of allylic oxidation sites excluding steroid dienone is 1. The van der Waals surface area contributed by atoms with Crippen LogP contribution in [0, 0.1) is 29.1 Å². The first kappa shape index (κ1) is 27.0. The van der Waals surface area contributed by atoms with Crippen LogP contribution in [-0.2, 0) is 23.9 Å². The summed E-state index contributed by atoms with van der Waals surface area (Å²) in [5, 5.41) is 2.65. The summed E-state index contributed by atoms with van der Waals surface area (Å²) in [5.41, 5.74) is 0.609. The molecule has 3 aliphatic rings. The number of methoxy groups -OCH3 is 1. The van der Waals surface area contributed by atoms with Gasteiger partial charge in [-0.25, -0.2) is 0 Å². The molecule has 2 amide bonds. The second-order valence-corrected chi connectivity index (χ2v) is 11.0. The van der Waals surface area contributed by atoms with Crippen molar-refractivity contribution in [2.75, 3.05) is 20.2 Å². The molecule has 0 aromatic heterocycles. The summed E-state index contributed by atoms with van der Waals surface area (Å²) in [7, 11) is 1.36. The zero-order chi connectivity index (χ0) is 25.8. The summed E-state index contributed by atoms with van der Waals surface area (Å²) >= 11 is 0. The van der Waals surface area contributed by atoms with Gasteiger partial charge in [-0.15, -0.1) is 6.42 Å². The molecule has 0 unspecified atom stereocenters. The van der Waals surface area contributed by atoms with Gasteiger partial charge >= 0.3 is 5.97 Å². The largest absolute Gasteiger partial charge is 0.468 e. The van der Waals surface area contributed by atoms with E-state index in [9.17, 15) is 14.4 Å². The fourth-order valence-corrected chi connectivity index (χ4v) is 5.51. The minimum Gasteiger partial charge on any atom is -0.468 e. The normalized spacial score (nSPS) is 28.9. The number of ether oxygens (including phenoxy) is 2. The fourth-order valence-electron chi connectivity index (χ4n) is 5.51. The number of nitrogens with zero attached hydrogens (tertiary/aromatic N) is 1. The molecular formula is C28H40N2O5. The van der Waals surface area contributed by atoms with E-state index in [0.717, 1.165) is 25.7 Å². The Labute approximate surface area is 209 Å². The Kier molecular flexibility index (Phi) is 8.48. The minimum absolute atomic E-state index is 0.0405. The smallest absolute Gasteiger partial charge is 0.320 e. The van der Waals surface area contributed by atoms with Gasteiger partial charge in [-0.05, 0) is 56.9 Å². The average molecular weight is 485 g/mol. The molecular weight excluding hydrogens is 444 g/mol. The van der Waals surface area contributed by atoms with Gasteiger partial charge in [0.25, 0.3) is 0 Å². The van der Waals surface area contributed by atoms with Crippen molar-refractivity contribution in [2.45, 2.75) is 84.8 Å². The monoisotopic (exact) mass is 484 g/mol. The molecule has 0 radical (unpaired) electrons. The summed E-state index contributed by atoms with van der Waals surface area (Å²) in [6.45, 7) is 8.65. The predicted octanol–water partition coefficient (Wildman–Crippen LogP) is 3.74. The molecule has 7 heteroatoms. The zero-order valence-corrected chi connectivity index (χ0v) is 21.8. The number of carbonyl (C=O) groups excluding carboxylic acids is 3. The number of fused-ring (bicyclic) bond motifs is 1. The summed E-state index contributed by atoms with van der Waals surface area (Å²) in [5.74, 6) is 0.825. The van der Waals surface area contributed by atoms with Crippen molar-refractivity contribution in [3.63, 3.8) is 0 Å². The van der Waals surface area contributed by atoms with E-state index >= 15 is 0 Å². The van der Waals surface area contributed by atoms with Crippen molar-refractivity contribution in [3.8, 4) is 12.3 Å². The predicted molar refractivity (Wildman–Crippen MR) is 134 cm³/mol. The summed E-state index contributed by atoms with van der Waals surface area (Å²) in [6.07, 6.45) is 14.0. The van der Waals surface area contributed by atoms with E-state index in [0.29, 0.717) is 12.2 Å². The van der Waals surface area contributed by atoms with Gasteiger partial charge in [0.05, 0.1) is 25.9 Å². The van der Waals surface area contributed by atoms with E-state index < -0.39 is 23.4 Å². The highest BCUT2D eigenvalue weighted by atomic mass is 16.5. The van der Waals surface area contributed by atoms with Gasteiger partial charge in [0, 0.05) is 24.6 Å². The number of amides is 2. The molecule has 0 bridgehead atoms. The van der Waals surface area contributed by atoms with Crippen LogP contribution < -0.4 is 5.32 Å². The first-order valence-corrected chi connectivity index (χ1v) is 12.7. The minimum atomic E-state index is -1.16. The molecule has 0 spiro atoms. The van der Waals surface area contributed by atoms with Gasteiger partial charge in [0.15, 0.2) is 0 Å². The van der Waals surface area contributed by atoms with E-state index in [1.54, 1.807) is 4.90 Å². The van der Waals surface area contributed by atoms with Gasteiger partial charge < -0.3 is 19.7 Å². The maximum Gasteiger partial charge on any atom is 0.320 e. The molecule has 1 aliphatic carbocycles. The topological polar surface area (TPSA) is 84.9 Å². The lowest BCUT2D eigenvalue weighted by molar-refractivity contribution is -0.180. The van der Waals surface area contributed by atoms with E-state index in [1.165, 1.54) is 19.1 Å². The van der Waals surface area contributed by atoms with Crippen LogP contribution in [0.5, 0.6) is 0 Å². The number of nitrogens with one attached hydrogen (secondary N) is 1. The van der Waals surface area contributed by atoms with Gasteiger partial charge in [0.2, 0.25) is 11.8 Å². The molecule has 1 N–H and O–H groups in total. The Morgan fingerprint density at radius 1 is 1.34 bits per heavy atom. The Bertz CT molecular complexity index is 938. The highest BCUT2D eigenvalue weighted by Gasteiger charge is 2.60. The van der Waals surface area contributed by atoms with Crippen LogP contribution in [-0.4, -0.2) is 55.1 Å². The van der Waals surface area contributed by atoms with Gasteiger partial charge in [0.1, 0.15) is 5.41 Å². The molecule has 3 rings (SSSR count). The molecule has 1 fully saturated rings. The molecule has 4 atom stereocenters. The number of piperidine rings is 1. The Morgan fingerprint density at radius 2 is 2.09 bits per heavy atom. The standard InChI is InChI=1S/C28H40N2O5/c1-7-14-29-24(31)16-21-18-28(26(33)34-6)19(2)35-23(27(3,4)5)17-22(28)30(25(21)32)15-13-20-11-9-8-10-12-20/h1,11,17,19,21,23H,8-10,12-16,18H2,2-6H3,(H,29,31)/t19-,21+,23-,28+/m1/s1. The van der Waals surface area contributed by atoms with E-state index in [4.69, 9.17) is 15.9 Å². The molecule has 35 heavy (non-hydrogen) atoms. The van der Waals surface area contributed by atoms with Crippen molar-refractivity contribution in [3.05, 3.63) is 23.4 Å². The van der Waals surface area contributed by atoms with Crippen LogP contribution in [0.4, 0.5) is 0 Å². The van der Waals surface area contributed by atoms with E-state index in [-0.39, 0.29) is 42.7 Å². The van der Waals surface area contributed by atoms with Crippen LogP contribution in [0.15, 0.2) is 23.4 Å². The third-order valence-corrected chi connectivity index (χ3v) is 7.55. The zero-order valence-electron chi connectivity index (χ0n) is 21.8. The fraction of sp³-hybridized carbons (Fsp3) is 0.679. The molecule has 0 aromatic rings. The molecule has 2 aliphatic heterocycles. The van der Waals surface area contributed by atoms with Crippen molar-refractivity contribution in [1.82, 2.24) is 10.2 Å². The van der Waals surface area contributed by atoms with Crippen molar-refractivity contribution >= 4 is 17.8 Å². The first-order chi connectivity index (χ1) is 16.5. The molecule has 192 valence electrons. The second kappa shape index (κ2) is 11.0. The Hall–Kier alpha value is -2.59. The number of likely N-dealkylation sites (tertiary alicyclic amines) is 1. The number of carbonyl (C=O) groups is 3. The van der Waals surface area contributed by atoms with Crippen molar-refractivity contribution in [1.29, 1.82) is 0 Å².